The Balaban J connectivity index is 0.00000100. The van der Waals surface area contributed by atoms with E-state index in [9.17, 15) is 9.59 Å². The van der Waals surface area contributed by atoms with Crippen molar-refractivity contribution in [1.82, 2.24) is 0 Å². The molecule has 24 heavy (non-hydrogen) atoms. The first-order valence-corrected chi connectivity index (χ1v) is 8.30. The van der Waals surface area contributed by atoms with Crippen LogP contribution >= 0.6 is 0 Å². The predicted molar refractivity (Wildman–Crippen MR) is 96.0 cm³/mol. The van der Waals surface area contributed by atoms with Gasteiger partial charge in [-0.1, -0.05) is 74.5 Å². The van der Waals surface area contributed by atoms with Crippen molar-refractivity contribution in [2.45, 2.75) is 26.7 Å². The molecule has 0 heterocycles. The van der Waals surface area contributed by atoms with Crippen LogP contribution in [0.25, 0.3) is 11.1 Å². The third-order valence-electron chi connectivity index (χ3n) is 4.03. The van der Waals surface area contributed by atoms with Crippen molar-refractivity contribution in [3.8, 4) is 11.1 Å². The van der Waals surface area contributed by atoms with Crippen LogP contribution in [0, 0.1) is 5.92 Å². The lowest BCUT2D eigenvalue weighted by Crippen LogP contribution is -2.18. The molecule has 3 nitrogen and oxygen atoms in total. The van der Waals surface area contributed by atoms with Gasteiger partial charge in [-0.25, -0.2) is 4.79 Å². The summed E-state index contributed by atoms with van der Waals surface area (Å²) in [6.07, 6.45) is 2.89. The Morgan fingerprint density at radius 2 is 1.50 bits per heavy atom. The number of rotatable bonds is 4. The Hall–Kier alpha value is -2.68. The first kappa shape index (κ1) is 17.7. The van der Waals surface area contributed by atoms with Gasteiger partial charge in [0.2, 0.25) is 0 Å². The van der Waals surface area contributed by atoms with Gasteiger partial charge in [0, 0.05) is 11.1 Å². The van der Waals surface area contributed by atoms with Crippen molar-refractivity contribution in [2.75, 3.05) is 0 Å². The Morgan fingerprint density at radius 1 is 0.917 bits per heavy atom. The fraction of sp³-hybridized carbons (Fsp3) is 0.238. The highest BCUT2D eigenvalue weighted by Gasteiger charge is 2.31. The van der Waals surface area contributed by atoms with Crippen molar-refractivity contribution in [3.05, 3.63) is 71.8 Å². The Kier molecular flexibility index (Phi) is 6.07. The van der Waals surface area contributed by atoms with Crippen LogP contribution in [0.15, 0.2) is 66.2 Å². The van der Waals surface area contributed by atoms with Gasteiger partial charge < -0.3 is 5.11 Å². The maximum atomic E-state index is 12.5. The highest BCUT2D eigenvalue weighted by Crippen LogP contribution is 2.30. The number of hydrogen-bond donors (Lipinski definition) is 1. The van der Waals surface area contributed by atoms with Gasteiger partial charge in [0.15, 0.2) is 5.78 Å². The monoisotopic (exact) mass is 322 g/mol. The first-order chi connectivity index (χ1) is 11.7. The number of benzene rings is 2. The molecule has 2 aromatic rings. The topological polar surface area (TPSA) is 54.4 Å². The van der Waals surface area contributed by atoms with Gasteiger partial charge in [-0.15, -0.1) is 0 Å². The molecule has 0 aliphatic heterocycles. The Morgan fingerprint density at radius 3 is 2.08 bits per heavy atom. The molecule has 3 rings (SSSR count). The zero-order valence-electron chi connectivity index (χ0n) is 14.0. The minimum absolute atomic E-state index is 0.106. The summed E-state index contributed by atoms with van der Waals surface area (Å²) < 4.78 is 0. The van der Waals surface area contributed by atoms with Crippen LogP contribution in [0.4, 0.5) is 0 Å². The van der Waals surface area contributed by atoms with Crippen LogP contribution in [0.5, 0.6) is 0 Å². The van der Waals surface area contributed by atoms with Crippen molar-refractivity contribution >= 4 is 11.8 Å². The van der Waals surface area contributed by atoms with Crippen LogP contribution in [-0.2, 0) is 4.79 Å². The minimum atomic E-state index is -0.989. The van der Waals surface area contributed by atoms with Crippen LogP contribution in [0.2, 0.25) is 0 Å². The van der Waals surface area contributed by atoms with Gasteiger partial charge in [0.1, 0.15) is 0 Å². The number of carboxylic acid groups (broad SMARTS) is 1. The number of Topliss-reactive ketones (excluding diaryl/α,β-unsaturated/α-hetero) is 1. The summed E-state index contributed by atoms with van der Waals surface area (Å²) in [6.45, 7) is 4.00. The summed E-state index contributed by atoms with van der Waals surface area (Å²) >= 11 is 0. The molecular weight excluding hydrogens is 300 g/mol. The van der Waals surface area contributed by atoms with E-state index < -0.39 is 11.9 Å². The van der Waals surface area contributed by atoms with E-state index in [4.69, 9.17) is 5.11 Å². The summed E-state index contributed by atoms with van der Waals surface area (Å²) in [7, 11) is 0. The summed E-state index contributed by atoms with van der Waals surface area (Å²) in [4.78, 5) is 23.7. The molecule has 0 saturated heterocycles. The lowest BCUT2D eigenvalue weighted by molar-refractivity contribution is -0.133. The van der Waals surface area contributed by atoms with Crippen molar-refractivity contribution < 1.29 is 14.7 Å². The minimum Gasteiger partial charge on any atom is -0.478 e. The van der Waals surface area contributed by atoms with E-state index >= 15 is 0 Å². The molecule has 1 unspecified atom stereocenters. The standard InChI is InChI=1S/C19H16O3.C2H6/c20-18(16-7-4-8-17(16)19(21)22)15-11-9-14(10-12-15)13-5-2-1-3-6-13;1-2/h1-3,5-6,8-12,16H,4,7H2,(H,21,22);1-2H3. The van der Waals surface area contributed by atoms with Crippen molar-refractivity contribution in [2.24, 2.45) is 5.92 Å². The Bertz CT molecular complexity index is 727. The zero-order chi connectivity index (χ0) is 17.5. The number of aliphatic carboxylic acids is 1. The second-order valence-electron chi connectivity index (χ2n) is 5.40. The van der Waals surface area contributed by atoms with E-state index in [0.717, 1.165) is 11.1 Å². The predicted octanol–water partition coefficient (Wildman–Crippen LogP) is 4.98. The van der Waals surface area contributed by atoms with E-state index in [0.29, 0.717) is 18.4 Å². The summed E-state index contributed by atoms with van der Waals surface area (Å²) in [5.41, 5.74) is 2.93. The second kappa shape index (κ2) is 8.25. The van der Waals surface area contributed by atoms with E-state index in [2.05, 4.69) is 0 Å². The molecule has 2 aromatic carbocycles. The van der Waals surface area contributed by atoms with E-state index in [-0.39, 0.29) is 11.4 Å². The molecule has 0 aromatic heterocycles. The molecule has 0 bridgehead atoms. The summed E-state index contributed by atoms with van der Waals surface area (Å²) in [5.74, 6) is -1.61. The van der Waals surface area contributed by atoms with Crippen LogP contribution in [0.3, 0.4) is 0 Å². The number of carbonyl (C=O) groups is 2. The number of hydrogen-bond acceptors (Lipinski definition) is 2. The summed E-state index contributed by atoms with van der Waals surface area (Å²) in [5, 5.41) is 9.15. The highest BCUT2D eigenvalue weighted by molar-refractivity contribution is 6.05. The van der Waals surface area contributed by atoms with E-state index in [1.165, 1.54) is 0 Å². The molecule has 1 aliphatic rings. The van der Waals surface area contributed by atoms with Gasteiger partial charge in [-0.05, 0) is 24.0 Å². The largest absolute Gasteiger partial charge is 0.478 e. The van der Waals surface area contributed by atoms with Crippen LogP contribution < -0.4 is 0 Å². The number of carboxylic acids is 1. The highest BCUT2D eigenvalue weighted by atomic mass is 16.4. The SMILES string of the molecule is CC.O=C(O)C1=CCCC1C(=O)c1ccc(-c2ccccc2)cc1. The molecule has 1 atom stereocenters. The van der Waals surface area contributed by atoms with Gasteiger partial charge in [-0.2, -0.15) is 0 Å². The van der Waals surface area contributed by atoms with E-state index in [1.54, 1.807) is 18.2 Å². The molecule has 124 valence electrons. The van der Waals surface area contributed by atoms with Crippen molar-refractivity contribution in [1.29, 1.82) is 0 Å². The molecular formula is C21H22O3. The number of carbonyl (C=O) groups excluding carboxylic acids is 1. The average molecular weight is 322 g/mol. The van der Waals surface area contributed by atoms with Gasteiger partial charge in [0.25, 0.3) is 0 Å². The average Bonchev–Trinajstić information content (AvgIpc) is 3.14. The van der Waals surface area contributed by atoms with Gasteiger partial charge in [-0.3, -0.25) is 4.79 Å². The molecule has 0 amide bonds. The third kappa shape index (κ3) is 3.80. The first-order valence-electron chi connectivity index (χ1n) is 8.30. The lowest BCUT2D eigenvalue weighted by Gasteiger charge is -2.11. The maximum absolute atomic E-state index is 12.5. The number of ketones is 1. The van der Waals surface area contributed by atoms with Gasteiger partial charge >= 0.3 is 5.97 Å². The van der Waals surface area contributed by atoms with Crippen LogP contribution in [0.1, 0.15) is 37.0 Å². The summed E-state index contributed by atoms with van der Waals surface area (Å²) in [6, 6.07) is 17.3. The molecule has 0 spiro atoms. The maximum Gasteiger partial charge on any atom is 0.331 e. The molecule has 1 N–H and O–H groups in total. The smallest absolute Gasteiger partial charge is 0.331 e. The quantitative estimate of drug-likeness (QED) is 0.807. The van der Waals surface area contributed by atoms with Crippen molar-refractivity contribution in [3.63, 3.8) is 0 Å². The fourth-order valence-corrected chi connectivity index (χ4v) is 2.87. The molecule has 1 aliphatic carbocycles. The zero-order valence-corrected chi connectivity index (χ0v) is 14.0. The lowest BCUT2D eigenvalue weighted by atomic mass is 9.91. The molecule has 0 radical (unpaired) electrons. The van der Waals surface area contributed by atoms with Crippen LogP contribution in [-0.4, -0.2) is 16.9 Å². The van der Waals surface area contributed by atoms with Gasteiger partial charge in [0.05, 0.1) is 5.92 Å². The normalized spacial score (nSPS) is 15.9. The third-order valence-corrected chi connectivity index (χ3v) is 4.03. The molecule has 0 saturated carbocycles. The fourth-order valence-electron chi connectivity index (χ4n) is 2.87. The molecule has 3 heteroatoms. The Labute approximate surface area is 142 Å². The second-order valence-corrected chi connectivity index (χ2v) is 5.40. The van der Waals surface area contributed by atoms with E-state index in [1.807, 2.05) is 56.3 Å². The number of allylic oxidation sites excluding steroid dienone is 1. The molecule has 0 fully saturated rings.